The summed E-state index contributed by atoms with van der Waals surface area (Å²) in [6.07, 6.45) is 3.79. The lowest BCUT2D eigenvalue weighted by Gasteiger charge is -2.18. The van der Waals surface area contributed by atoms with Crippen LogP contribution in [0.3, 0.4) is 0 Å². The van der Waals surface area contributed by atoms with Crippen molar-refractivity contribution in [3.05, 3.63) is 17.3 Å². The van der Waals surface area contributed by atoms with E-state index in [0.29, 0.717) is 30.7 Å². The maximum Gasteiger partial charge on any atom is 0.373 e. The number of carboxylic acid groups (broad SMARTS) is 1. The molecule has 17 heavy (non-hydrogen) atoms. The Morgan fingerprint density at radius 1 is 1.18 bits per heavy atom. The molecule has 0 spiro atoms. The summed E-state index contributed by atoms with van der Waals surface area (Å²) in [5.41, 5.74) is 0.652. The van der Waals surface area contributed by atoms with Crippen molar-refractivity contribution in [2.24, 2.45) is 0 Å². The molecule has 0 atom stereocenters. The Labute approximate surface area is 98.8 Å². The van der Waals surface area contributed by atoms with Gasteiger partial charge in [0.15, 0.2) is 5.89 Å². The summed E-state index contributed by atoms with van der Waals surface area (Å²) in [5, 5.41) is 9.10. The lowest BCUT2D eigenvalue weighted by Crippen LogP contribution is -2.14. The maximum atomic E-state index is 11.1. The predicted octanol–water partition coefficient (Wildman–Crippen LogP) is 2.14. The standard InChI is InChI=1S/C12H15NO4/c14-12(15)10-9(7-1-2-7)13-11(17-10)8-3-5-16-6-4-8/h7-8H,1-6H2,(H,14,15). The third kappa shape index (κ3) is 2.07. The van der Waals surface area contributed by atoms with E-state index in [2.05, 4.69) is 4.98 Å². The number of aromatic carboxylic acids is 1. The minimum absolute atomic E-state index is 0.0500. The van der Waals surface area contributed by atoms with Crippen LogP contribution in [0, 0.1) is 0 Å². The van der Waals surface area contributed by atoms with Crippen LogP contribution in [0.1, 0.15) is 59.7 Å². The SMILES string of the molecule is O=C(O)c1oc(C2CCOCC2)nc1C1CC1. The van der Waals surface area contributed by atoms with Crippen molar-refractivity contribution < 1.29 is 19.1 Å². The number of oxazole rings is 1. The Kier molecular flexibility index (Phi) is 2.63. The lowest BCUT2D eigenvalue weighted by atomic mass is 10.0. The van der Waals surface area contributed by atoms with Gasteiger partial charge in [-0.25, -0.2) is 9.78 Å². The number of carbonyl (C=O) groups is 1. The van der Waals surface area contributed by atoms with Gasteiger partial charge in [0.25, 0.3) is 0 Å². The topological polar surface area (TPSA) is 72.6 Å². The molecule has 0 radical (unpaired) electrons. The summed E-state index contributed by atoms with van der Waals surface area (Å²) in [4.78, 5) is 15.5. The van der Waals surface area contributed by atoms with Crippen molar-refractivity contribution in [1.29, 1.82) is 0 Å². The van der Waals surface area contributed by atoms with Crippen LogP contribution in [0.4, 0.5) is 0 Å². The van der Waals surface area contributed by atoms with E-state index in [9.17, 15) is 4.79 Å². The highest BCUT2D eigenvalue weighted by molar-refractivity contribution is 5.86. The summed E-state index contributed by atoms with van der Waals surface area (Å²) in [6.45, 7) is 1.41. The molecule has 0 amide bonds. The molecule has 1 aliphatic heterocycles. The third-order valence-electron chi connectivity index (χ3n) is 3.40. The smallest absolute Gasteiger partial charge is 0.373 e. The van der Waals surface area contributed by atoms with E-state index in [1.54, 1.807) is 0 Å². The van der Waals surface area contributed by atoms with Crippen molar-refractivity contribution in [2.75, 3.05) is 13.2 Å². The minimum atomic E-state index is -1.00. The van der Waals surface area contributed by atoms with E-state index in [4.69, 9.17) is 14.3 Å². The van der Waals surface area contributed by atoms with Crippen molar-refractivity contribution in [2.45, 2.75) is 37.5 Å². The number of carboxylic acids is 1. The fourth-order valence-electron chi connectivity index (χ4n) is 2.25. The molecule has 1 aromatic heterocycles. The highest BCUT2D eigenvalue weighted by atomic mass is 16.5. The van der Waals surface area contributed by atoms with Gasteiger partial charge in [0.2, 0.25) is 5.76 Å². The van der Waals surface area contributed by atoms with E-state index < -0.39 is 5.97 Å². The van der Waals surface area contributed by atoms with Crippen molar-refractivity contribution in [3.8, 4) is 0 Å². The van der Waals surface area contributed by atoms with E-state index in [-0.39, 0.29) is 11.7 Å². The van der Waals surface area contributed by atoms with E-state index in [1.807, 2.05) is 0 Å². The van der Waals surface area contributed by atoms with Crippen molar-refractivity contribution in [1.82, 2.24) is 4.98 Å². The number of hydrogen-bond donors (Lipinski definition) is 1. The molecule has 0 bridgehead atoms. The van der Waals surface area contributed by atoms with E-state index in [1.165, 1.54) is 0 Å². The van der Waals surface area contributed by atoms with Gasteiger partial charge in [0, 0.05) is 25.0 Å². The van der Waals surface area contributed by atoms with Gasteiger partial charge in [-0.05, 0) is 25.7 Å². The molecule has 1 saturated carbocycles. The molecule has 5 heteroatoms. The average molecular weight is 237 g/mol. The van der Waals surface area contributed by atoms with Gasteiger partial charge in [-0.15, -0.1) is 0 Å². The van der Waals surface area contributed by atoms with Crippen LogP contribution in [0.5, 0.6) is 0 Å². The molecule has 0 unspecified atom stereocenters. The molecule has 2 fully saturated rings. The minimum Gasteiger partial charge on any atom is -0.475 e. The highest BCUT2D eigenvalue weighted by Crippen LogP contribution is 2.42. The Bertz CT molecular complexity index is 430. The first kappa shape index (κ1) is 10.8. The van der Waals surface area contributed by atoms with Crippen molar-refractivity contribution in [3.63, 3.8) is 0 Å². The first-order chi connectivity index (χ1) is 8.25. The Balaban J connectivity index is 1.89. The van der Waals surface area contributed by atoms with Crippen LogP contribution >= 0.6 is 0 Å². The van der Waals surface area contributed by atoms with E-state index in [0.717, 1.165) is 25.7 Å². The molecule has 1 aromatic rings. The molecule has 0 aromatic carbocycles. The number of aromatic nitrogens is 1. The molecule has 1 N–H and O–H groups in total. The van der Waals surface area contributed by atoms with Crippen LogP contribution in [-0.2, 0) is 4.74 Å². The average Bonchev–Trinajstić information content (AvgIpc) is 3.09. The number of nitrogens with zero attached hydrogens (tertiary/aromatic N) is 1. The number of hydrogen-bond acceptors (Lipinski definition) is 4. The first-order valence-electron chi connectivity index (χ1n) is 6.07. The first-order valence-corrected chi connectivity index (χ1v) is 6.07. The van der Waals surface area contributed by atoms with Gasteiger partial charge in [-0.2, -0.15) is 0 Å². The molecular weight excluding hydrogens is 222 g/mol. The van der Waals surface area contributed by atoms with Crippen LogP contribution < -0.4 is 0 Å². The maximum absolute atomic E-state index is 11.1. The van der Waals surface area contributed by atoms with Crippen molar-refractivity contribution >= 4 is 5.97 Å². The Hall–Kier alpha value is -1.36. The fraction of sp³-hybridized carbons (Fsp3) is 0.667. The Morgan fingerprint density at radius 2 is 1.88 bits per heavy atom. The largest absolute Gasteiger partial charge is 0.475 e. The summed E-state index contributed by atoms with van der Waals surface area (Å²) in [7, 11) is 0. The number of ether oxygens (including phenoxy) is 1. The quantitative estimate of drug-likeness (QED) is 0.871. The molecule has 1 aliphatic carbocycles. The van der Waals surface area contributed by atoms with Crippen LogP contribution in [0.15, 0.2) is 4.42 Å². The molecule has 5 nitrogen and oxygen atoms in total. The Morgan fingerprint density at radius 3 is 2.47 bits per heavy atom. The zero-order valence-corrected chi connectivity index (χ0v) is 9.52. The van der Waals surface area contributed by atoms with Crippen LogP contribution in [-0.4, -0.2) is 29.3 Å². The van der Waals surface area contributed by atoms with E-state index >= 15 is 0 Å². The second-order valence-corrected chi connectivity index (χ2v) is 4.73. The highest BCUT2D eigenvalue weighted by Gasteiger charge is 2.35. The zero-order valence-electron chi connectivity index (χ0n) is 9.52. The van der Waals surface area contributed by atoms with Crippen LogP contribution in [0.25, 0.3) is 0 Å². The summed E-state index contributed by atoms with van der Waals surface area (Å²) >= 11 is 0. The van der Waals surface area contributed by atoms with Gasteiger partial charge in [0.05, 0.1) is 5.69 Å². The zero-order chi connectivity index (χ0) is 11.8. The molecule has 1 saturated heterocycles. The lowest BCUT2D eigenvalue weighted by molar-refractivity contribution is 0.0645. The van der Waals surface area contributed by atoms with Gasteiger partial charge in [-0.1, -0.05) is 0 Å². The molecule has 2 heterocycles. The second kappa shape index (κ2) is 4.14. The van der Waals surface area contributed by atoms with Gasteiger partial charge >= 0.3 is 5.97 Å². The monoisotopic (exact) mass is 237 g/mol. The molecule has 3 rings (SSSR count). The predicted molar refractivity (Wildman–Crippen MR) is 58.2 cm³/mol. The second-order valence-electron chi connectivity index (χ2n) is 4.73. The van der Waals surface area contributed by atoms with Gasteiger partial charge < -0.3 is 14.3 Å². The van der Waals surface area contributed by atoms with Crippen LogP contribution in [0.2, 0.25) is 0 Å². The normalized spacial score (nSPS) is 21.6. The molecule has 2 aliphatic rings. The number of rotatable bonds is 3. The fourth-order valence-corrected chi connectivity index (χ4v) is 2.25. The molecular formula is C12H15NO4. The summed E-state index contributed by atoms with van der Waals surface area (Å²) < 4.78 is 10.7. The van der Waals surface area contributed by atoms with Gasteiger partial charge in [-0.3, -0.25) is 0 Å². The summed E-state index contributed by atoms with van der Waals surface area (Å²) in [6, 6.07) is 0. The summed E-state index contributed by atoms with van der Waals surface area (Å²) in [5.74, 6) is 0.159. The molecule has 92 valence electrons. The third-order valence-corrected chi connectivity index (χ3v) is 3.40. The van der Waals surface area contributed by atoms with Gasteiger partial charge in [0.1, 0.15) is 0 Å².